The van der Waals surface area contributed by atoms with Crippen LogP contribution in [0.2, 0.25) is 0 Å². The first-order valence-corrected chi connectivity index (χ1v) is 7.59. The number of ether oxygens (including phenoxy) is 1. The Morgan fingerprint density at radius 1 is 1.25 bits per heavy atom. The number of benzene rings is 1. The fourth-order valence-electron chi connectivity index (χ4n) is 1.38. The van der Waals surface area contributed by atoms with Gasteiger partial charge in [0.2, 0.25) is 10.0 Å². The second-order valence-corrected chi connectivity index (χ2v) is 7.38. The van der Waals surface area contributed by atoms with Gasteiger partial charge in [0.1, 0.15) is 5.75 Å². The molecule has 1 rings (SSSR count). The average Bonchev–Trinajstić information content (AvgIpc) is 2.26. The number of methoxy groups -OCH3 is 1. The van der Waals surface area contributed by atoms with E-state index in [1.807, 2.05) is 0 Å². The van der Waals surface area contributed by atoms with Gasteiger partial charge in [0.15, 0.2) is 0 Å². The average molecular weight is 302 g/mol. The standard InChI is InChI=1S/C13H22N2O4S/c1-12(2,13(3,4)16)15-20(17,18)9-6-7-10(14)11(8-9)19-5/h6-8,15-16H,14H2,1-5H3. The molecule has 0 aromatic heterocycles. The summed E-state index contributed by atoms with van der Waals surface area (Å²) in [7, 11) is -2.38. The number of hydrogen-bond donors (Lipinski definition) is 3. The smallest absolute Gasteiger partial charge is 0.241 e. The van der Waals surface area contributed by atoms with Gasteiger partial charge in [-0.15, -0.1) is 0 Å². The highest BCUT2D eigenvalue weighted by Gasteiger charge is 2.38. The molecule has 0 amide bonds. The Morgan fingerprint density at radius 3 is 2.25 bits per heavy atom. The molecule has 20 heavy (non-hydrogen) atoms. The molecule has 0 fully saturated rings. The van der Waals surface area contributed by atoms with E-state index in [1.54, 1.807) is 27.7 Å². The molecule has 7 heteroatoms. The molecule has 0 aliphatic carbocycles. The maximum atomic E-state index is 12.4. The van der Waals surface area contributed by atoms with Gasteiger partial charge in [-0.25, -0.2) is 13.1 Å². The van der Waals surface area contributed by atoms with E-state index in [-0.39, 0.29) is 10.6 Å². The summed E-state index contributed by atoms with van der Waals surface area (Å²) in [6.45, 7) is 6.30. The fraction of sp³-hybridized carbons (Fsp3) is 0.538. The van der Waals surface area contributed by atoms with Crippen LogP contribution in [0.25, 0.3) is 0 Å². The Bertz CT molecular complexity index is 589. The summed E-state index contributed by atoms with van der Waals surface area (Å²) < 4.78 is 32.2. The van der Waals surface area contributed by atoms with Gasteiger partial charge in [-0.05, 0) is 39.8 Å². The quantitative estimate of drug-likeness (QED) is 0.707. The van der Waals surface area contributed by atoms with E-state index in [2.05, 4.69) is 4.72 Å². The lowest BCUT2D eigenvalue weighted by atomic mass is 9.87. The van der Waals surface area contributed by atoms with Gasteiger partial charge in [0, 0.05) is 6.07 Å². The third kappa shape index (κ3) is 3.41. The third-order valence-electron chi connectivity index (χ3n) is 3.43. The molecule has 114 valence electrons. The zero-order valence-electron chi connectivity index (χ0n) is 12.4. The van der Waals surface area contributed by atoms with Crippen molar-refractivity contribution in [1.82, 2.24) is 4.72 Å². The molecular weight excluding hydrogens is 280 g/mol. The molecule has 0 aliphatic heterocycles. The summed E-state index contributed by atoms with van der Waals surface area (Å²) in [5.74, 6) is 0.286. The molecule has 0 saturated heterocycles. The van der Waals surface area contributed by atoms with Gasteiger partial charge in [-0.3, -0.25) is 0 Å². The van der Waals surface area contributed by atoms with Crippen molar-refractivity contribution in [3.8, 4) is 5.75 Å². The van der Waals surface area contributed by atoms with E-state index >= 15 is 0 Å². The molecule has 0 bridgehead atoms. The molecule has 0 atom stereocenters. The predicted octanol–water partition coefficient (Wildman–Crippen LogP) is 1.11. The molecule has 0 heterocycles. The van der Waals surface area contributed by atoms with Crippen molar-refractivity contribution >= 4 is 15.7 Å². The van der Waals surface area contributed by atoms with E-state index < -0.39 is 21.2 Å². The zero-order valence-corrected chi connectivity index (χ0v) is 13.2. The van der Waals surface area contributed by atoms with Gasteiger partial charge in [-0.2, -0.15) is 0 Å². The molecule has 0 radical (unpaired) electrons. The zero-order chi connectivity index (χ0) is 15.8. The number of sulfonamides is 1. The summed E-state index contributed by atoms with van der Waals surface area (Å²) in [5.41, 5.74) is 3.75. The maximum absolute atomic E-state index is 12.4. The summed E-state index contributed by atoms with van der Waals surface area (Å²) in [6, 6.07) is 4.20. The number of anilines is 1. The minimum Gasteiger partial charge on any atom is -0.495 e. The third-order valence-corrected chi connectivity index (χ3v) is 5.09. The maximum Gasteiger partial charge on any atom is 0.241 e. The molecule has 6 nitrogen and oxygen atoms in total. The highest BCUT2D eigenvalue weighted by Crippen LogP contribution is 2.27. The number of hydrogen-bond acceptors (Lipinski definition) is 5. The first kappa shape index (κ1) is 16.7. The summed E-state index contributed by atoms with van der Waals surface area (Å²) >= 11 is 0. The van der Waals surface area contributed by atoms with Crippen LogP contribution in [0.1, 0.15) is 27.7 Å². The van der Waals surface area contributed by atoms with Crippen LogP contribution in [0.3, 0.4) is 0 Å². The van der Waals surface area contributed by atoms with Crippen molar-refractivity contribution in [3.63, 3.8) is 0 Å². The lowest BCUT2D eigenvalue weighted by molar-refractivity contribution is 0.00639. The number of nitrogen functional groups attached to an aromatic ring is 1. The minimum absolute atomic E-state index is 0.0286. The molecule has 0 spiro atoms. The Hall–Kier alpha value is -1.31. The Balaban J connectivity index is 3.19. The fourth-order valence-corrected chi connectivity index (χ4v) is 2.93. The summed E-state index contributed by atoms with van der Waals surface area (Å²) in [4.78, 5) is 0.0286. The lowest BCUT2D eigenvalue weighted by Gasteiger charge is -2.37. The van der Waals surface area contributed by atoms with E-state index in [0.29, 0.717) is 5.69 Å². The molecule has 0 saturated carbocycles. The van der Waals surface area contributed by atoms with E-state index in [0.717, 1.165) is 0 Å². The number of rotatable bonds is 5. The van der Waals surface area contributed by atoms with Gasteiger partial charge < -0.3 is 15.6 Å². The van der Waals surface area contributed by atoms with Crippen LogP contribution in [-0.2, 0) is 10.0 Å². The molecule has 0 aliphatic rings. The van der Waals surface area contributed by atoms with Crippen molar-refractivity contribution in [2.24, 2.45) is 0 Å². The van der Waals surface area contributed by atoms with Crippen molar-refractivity contribution < 1.29 is 18.3 Å². The van der Waals surface area contributed by atoms with E-state index in [1.165, 1.54) is 25.3 Å². The molecule has 4 N–H and O–H groups in total. The highest BCUT2D eigenvalue weighted by atomic mass is 32.2. The number of aliphatic hydroxyl groups is 1. The second kappa shape index (κ2) is 5.23. The lowest BCUT2D eigenvalue weighted by Crippen LogP contribution is -2.57. The first-order valence-electron chi connectivity index (χ1n) is 6.10. The Labute approximate surface area is 120 Å². The van der Waals surface area contributed by atoms with E-state index in [4.69, 9.17) is 10.5 Å². The summed E-state index contributed by atoms with van der Waals surface area (Å²) in [5, 5.41) is 10.0. The Morgan fingerprint density at radius 2 is 1.80 bits per heavy atom. The minimum atomic E-state index is -3.80. The van der Waals surface area contributed by atoms with Crippen molar-refractivity contribution in [2.75, 3.05) is 12.8 Å². The Kier molecular flexibility index (Phi) is 4.38. The van der Waals surface area contributed by atoms with Gasteiger partial charge in [0.05, 0.1) is 28.8 Å². The molecule has 0 unspecified atom stereocenters. The van der Waals surface area contributed by atoms with Crippen LogP contribution >= 0.6 is 0 Å². The van der Waals surface area contributed by atoms with Crippen molar-refractivity contribution in [1.29, 1.82) is 0 Å². The van der Waals surface area contributed by atoms with Crippen LogP contribution in [0.15, 0.2) is 23.1 Å². The molecule has 1 aromatic rings. The molecule has 1 aromatic carbocycles. The topological polar surface area (TPSA) is 102 Å². The summed E-state index contributed by atoms with van der Waals surface area (Å²) in [6.07, 6.45) is 0. The van der Waals surface area contributed by atoms with E-state index in [9.17, 15) is 13.5 Å². The SMILES string of the molecule is COc1cc(S(=O)(=O)NC(C)(C)C(C)(C)O)ccc1N. The number of nitrogens with one attached hydrogen (secondary N) is 1. The normalized spacial score (nSPS) is 13.3. The van der Waals surface area contributed by atoms with Gasteiger partial charge in [0.25, 0.3) is 0 Å². The van der Waals surface area contributed by atoms with Crippen LogP contribution in [0.4, 0.5) is 5.69 Å². The first-order chi connectivity index (χ1) is 8.90. The van der Waals surface area contributed by atoms with Crippen molar-refractivity contribution in [2.45, 2.75) is 43.7 Å². The highest BCUT2D eigenvalue weighted by molar-refractivity contribution is 7.89. The largest absolute Gasteiger partial charge is 0.495 e. The predicted molar refractivity (Wildman–Crippen MR) is 78.1 cm³/mol. The van der Waals surface area contributed by atoms with Crippen LogP contribution in [-0.4, -0.2) is 31.8 Å². The van der Waals surface area contributed by atoms with Crippen LogP contribution in [0, 0.1) is 0 Å². The monoisotopic (exact) mass is 302 g/mol. The second-order valence-electron chi connectivity index (χ2n) is 5.69. The van der Waals surface area contributed by atoms with Crippen molar-refractivity contribution in [3.05, 3.63) is 18.2 Å². The van der Waals surface area contributed by atoms with Crippen LogP contribution in [0.5, 0.6) is 5.75 Å². The van der Waals surface area contributed by atoms with Crippen LogP contribution < -0.4 is 15.2 Å². The number of nitrogens with two attached hydrogens (primary N) is 1. The molecular formula is C13H22N2O4S. The van der Waals surface area contributed by atoms with Gasteiger partial charge >= 0.3 is 0 Å². The van der Waals surface area contributed by atoms with Gasteiger partial charge in [-0.1, -0.05) is 0 Å².